The van der Waals surface area contributed by atoms with Crippen LogP contribution in [0.3, 0.4) is 0 Å². The van der Waals surface area contributed by atoms with Crippen molar-refractivity contribution in [2.24, 2.45) is 0 Å². The summed E-state index contributed by atoms with van der Waals surface area (Å²) in [4.78, 5) is 12.7. The van der Waals surface area contributed by atoms with Crippen LogP contribution >= 0.6 is 0 Å². The molecule has 0 radical (unpaired) electrons. The van der Waals surface area contributed by atoms with E-state index in [4.69, 9.17) is 9.47 Å². The molecule has 0 spiro atoms. The molecule has 10 heteroatoms. The van der Waals surface area contributed by atoms with Gasteiger partial charge in [0.1, 0.15) is 23.8 Å². The van der Waals surface area contributed by atoms with Crippen LogP contribution in [0.1, 0.15) is 42.9 Å². The van der Waals surface area contributed by atoms with Gasteiger partial charge in [0, 0.05) is 17.2 Å². The smallest absolute Gasteiger partial charge is 0.261 e. The second-order valence-electron chi connectivity index (χ2n) is 9.62. The number of carbonyl (C=O) groups excluding carboxylic acids is 1. The van der Waals surface area contributed by atoms with Crippen molar-refractivity contribution in [1.29, 1.82) is 0 Å². The van der Waals surface area contributed by atoms with Crippen LogP contribution in [0.15, 0.2) is 77.7 Å². The normalized spacial score (nSPS) is 23.0. The molecule has 38 heavy (non-hydrogen) atoms. The van der Waals surface area contributed by atoms with Gasteiger partial charge < -0.3 is 19.9 Å². The zero-order chi connectivity index (χ0) is 26.9. The Kier molecular flexibility index (Phi) is 7.38. The fourth-order valence-electron chi connectivity index (χ4n) is 5.11. The molecule has 1 fully saturated rings. The first-order valence-corrected chi connectivity index (χ1v) is 13.9. The number of amides is 1. The summed E-state index contributed by atoms with van der Waals surface area (Å²) in [6.07, 6.45) is -0.963. The molecule has 0 aliphatic carbocycles. The fraction of sp³-hybridized carbons (Fsp3) is 0.321. The van der Waals surface area contributed by atoms with E-state index in [2.05, 4.69) is 10.0 Å². The molecule has 5 rings (SSSR count). The second kappa shape index (κ2) is 10.7. The highest BCUT2D eigenvalue weighted by molar-refractivity contribution is 7.92. The topological polar surface area (TPSA) is 114 Å². The highest BCUT2D eigenvalue weighted by Crippen LogP contribution is 2.47. The average molecular weight is 541 g/mol. The van der Waals surface area contributed by atoms with Gasteiger partial charge in [0.25, 0.3) is 10.0 Å². The number of nitrogens with one attached hydrogen (secondary N) is 2. The molecule has 200 valence electrons. The Morgan fingerprint density at radius 2 is 1.84 bits per heavy atom. The van der Waals surface area contributed by atoms with E-state index in [0.717, 1.165) is 23.3 Å². The van der Waals surface area contributed by atoms with E-state index < -0.39 is 34.2 Å². The number of rotatable bonds is 8. The van der Waals surface area contributed by atoms with Crippen LogP contribution in [0.5, 0.6) is 5.75 Å². The summed E-state index contributed by atoms with van der Waals surface area (Å²) < 4.78 is 53.5. The number of hydrogen-bond acceptors (Lipinski definition) is 6. The number of sulfonamides is 1. The molecule has 5 atom stereocenters. The molecule has 2 heterocycles. The van der Waals surface area contributed by atoms with E-state index in [1.807, 2.05) is 37.3 Å². The summed E-state index contributed by atoms with van der Waals surface area (Å²) in [5.74, 6) is -0.313. The minimum atomic E-state index is -3.93. The maximum atomic E-state index is 13.2. The highest BCUT2D eigenvalue weighted by atomic mass is 32.2. The van der Waals surface area contributed by atoms with Gasteiger partial charge in [0.05, 0.1) is 30.1 Å². The summed E-state index contributed by atoms with van der Waals surface area (Å²) in [6.45, 7) is 1.63. The lowest BCUT2D eigenvalue weighted by Gasteiger charge is -2.37. The van der Waals surface area contributed by atoms with Crippen molar-refractivity contribution in [3.63, 3.8) is 0 Å². The quantitative estimate of drug-likeness (QED) is 0.400. The van der Waals surface area contributed by atoms with Crippen molar-refractivity contribution in [3.8, 4) is 5.75 Å². The molecule has 0 bridgehead atoms. The first-order valence-electron chi connectivity index (χ1n) is 12.4. The molecule has 2 aliphatic heterocycles. The third kappa shape index (κ3) is 5.52. The molecular formula is C28H29FN2O6S. The Bertz CT molecular complexity index is 1400. The van der Waals surface area contributed by atoms with Gasteiger partial charge in [-0.25, -0.2) is 12.8 Å². The van der Waals surface area contributed by atoms with Gasteiger partial charge in [-0.05, 0) is 61.4 Å². The Morgan fingerprint density at radius 1 is 1.11 bits per heavy atom. The van der Waals surface area contributed by atoms with Crippen molar-refractivity contribution in [1.82, 2.24) is 5.32 Å². The molecule has 1 saturated heterocycles. The number of anilines is 1. The monoisotopic (exact) mass is 540 g/mol. The summed E-state index contributed by atoms with van der Waals surface area (Å²) in [5.41, 5.74) is 2.10. The lowest BCUT2D eigenvalue weighted by molar-refractivity contribution is -0.142. The molecule has 2 aliphatic rings. The lowest BCUT2D eigenvalue weighted by atomic mass is 9.84. The van der Waals surface area contributed by atoms with Crippen molar-refractivity contribution in [3.05, 3.63) is 89.7 Å². The third-order valence-corrected chi connectivity index (χ3v) is 8.36. The number of ether oxygens (including phenoxy) is 2. The zero-order valence-electron chi connectivity index (χ0n) is 20.7. The minimum absolute atomic E-state index is 0.0595. The van der Waals surface area contributed by atoms with Gasteiger partial charge in [-0.15, -0.1) is 0 Å². The second-order valence-corrected chi connectivity index (χ2v) is 11.3. The van der Waals surface area contributed by atoms with Crippen molar-refractivity contribution in [2.45, 2.75) is 54.9 Å². The number of aliphatic hydroxyl groups excluding tert-OH is 1. The lowest BCUT2D eigenvalue weighted by Crippen LogP contribution is -2.47. The molecule has 1 amide bonds. The van der Waals surface area contributed by atoms with Gasteiger partial charge in [-0.1, -0.05) is 30.3 Å². The molecule has 0 aromatic heterocycles. The third-order valence-electron chi connectivity index (χ3n) is 6.97. The first-order chi connectivity index (χ1) is 18.2. The average Bonchev–Trinajstić information content (AvgIpc) is 3.26. The van der Waals surface area contributed by atoms with Crippen LogP contribution in [0.2, 0.25) is 0 Å². The Morgan fingerprint density at radius 3 is 2.55 bits per heavy atom. The summed E-state index contributed by atoms with van der Waals surface area (Å²) in [5, 5.41) is 13.0. The summed E-state index contributed by atoms with van der Waals surface area (Å²) >= 11 is 0. The van der Waals surface area contributed by atoms with Crippen molar-refractivity contribution < 1.29 is 32.2 Å². The summed E-state index contributed by atoms with van der Waals surface area (Å²) in [7, 11) is -3.93. The number of halogens is 1. The largest absolute Gasteiger partial charge is 0.487 e. The van der Waals surface area contributed by atoms with Crippen LogP contribution in [-0.2, 0) is 19.6 Å². The Balaban J connectivity index is 1.30. The van der Waals surface area contributed by atoms with Crippen LogP contribution in [0, 0.1) is 5.82 Å². The van der Waals surface area contributed by atoms with Gasteiger partial charge in [-0.2, -0.15) is 0 Å². The van der Waals surface area contributed by atoms with Crippen molar-refractivity contribution >= 4 is 21.6 Å². The van der Waals surface area contributed by atoms with Gasteiger partial charge in [-0.3, -0.25) is 9.52 Å². The number of carbonyl (C=O) groups is 1. The van der Waals surface area contributed by atoms with Crippen LogP contribution < -0.4 is 14.8 Å². The van der Waals surface area contributed by atoms with E-state index in [1.54, 1.807) is 18.2 Å². The zero-order valence-corrected chi connectivity index (χ0v) is 21.5. The molecular weight excluding hydrogens is 511 g/mol. The highest BCUT2D eigenvalue weighted by Gasteiger charge is 2.46. The SMILES string of the molecule is C[C@@H](NC(=O)C[C@H]1C[C@@H]2c3cc(NS(=O)(=O)c4ccc(F)cc4)ccc3O[C@@H]2[C@@H](CO)O1)c1ccccc1. The minimum Gasteiger partial charge on any atom is -0.487 e. The standard InChI is InChI=1S/C28H29FN2O6S/c1-17(18-5-3-2-4-6-18)30-27(33)15-21-14-24-23-13-20(9-12-25(23)37-28(24)26(16-32)36-21)31-38(34,35)22-10-7-19(29)8-11-22/h2-13,17,21,24,26,28,31-32H,14-16H2,1H3,(H,30,33)/t17-,21-,24-,26-,28+/m1/s1. The number of fused-ring (bicyclic) bond motifs is 3. The van der Waals surface area contributed by atoms with Crippen molar-refractivity contribution in [2.75, 3.05) is 11.3 Å². The van der Waals surface area contributed by atoms with E-state index in [-0.39, 0.29) is 35.8 Å². The van der Waals surface area contributed by atoms with Crippen LogP contribution in [-0.4, -0.2) is 44.4 Å². The molecule has 0 unspecified atom stereocenters. The van der Waals surface area contributed by atoms with E-state index in [1.165, 1.54) is 12.1 Å². The predicted molar refractivity (Wildman–Crippen MR) is 139 cm³/mol. The first kappa shape index (κ1) is 26.1. The maximum absolute atomic E-state index is 13.2. The van der Waals surface area contributed by atoms with Gasteiger partial charge >= 0.3 is 0 Å². The molecule has 0 saturated carbocycles. The predicted octanol–water partition coefficient (Wildman–Crippen LogP) is 3.89. The summed E-state index contributed by atoms with van der Waals surface area (Å²) in [6, 6.07) is 19.0. The van der Waals surface area contributed by atoms with E-state index in [0.29, 0.717) is 17.9 Å². The van der Waals surface area contributed by atoms with Crippen LogP contribution in [0.25, 0.3) is 0 Å². The van der Waals surface area contributed by atoms with E-state index in [9.17, 15) is 22.7 Å². The number of benzene rings is 3. The fourth-order valence-corrected chi connectivity index (χ4v) is 6.16. The molecule has 8 nitrogen and oxygen atoms in total. The Labute approximate surface area is 220 Å². The van der Waals surface area contributed by atoms with Crippen LogP contribution in [0.4, 0.5) is 10.1 Å². The molecule has 3 aromatic carbocycles. The van der Waals surface area contributed by atoms with Gasteiger partial charge in [0.2, 0.25) is 5.91 Å². The Hall–Kier alpha value is -3.47. The van der Waals surface area contributed by atoms with Gasteiger partial charge in [0.15, 0.2) is 0 Å². The molecule has 3 N–H and O–H groups in total. The maximum Gasteiger partial charge on any atom is 0.261 e. The van der Waals surface area contributed by atoms with E-state index >= 15 is 0 Å². The molecule has 3 aromatic rings. The number of hydrogen-bond donors (Lipinski definition) is 3. The number of aliphatic hydroxyl groups is 1.